The van der Waals surface area contributed by atoms with E-state index in [0.717, 1.165) is 0 Å². The van der Waals surface area contributed by atoms with Gasteiger partial charge in [0.15, 0.2) is 6.10 Å². The number of aromatic hydroxyl groups is 1. The molecule has 0 aliphatic heterocycles. The van der Waals surface area contributed by atoms with Crippen LogP contribution in [0.3, 0.4) is 0 Å². The third-order valence-electron chi connectivity index (χ3n) is 3.11. The van der Waals surface area contributed by atoms with Crippen molar-refractivity contribution in [2.75, 3.05) is 0 Å². The summed E-state index contributed by atoms with van der Waals surface area (Å²) in [7, 11) is 0. The highest BCUT2D eigenvalue weighted by atomic mass is 16.5. The van der Waals surface area contributed by atoms with Gasteiger partial charge in [-0.3, -0.25) is 20.4 Å². The van der Waals surface area contributed by atoms with Crippen molar-refractivity contribution >= 4 is 17.8 Å². The fourth-order valence-corrected chi connectivity index (χ4v) is 1.81. The maximum absolute atomic E-state index is 11.9. The fourth-order valence-electron chi connectivity index (χ4n) is 1.81. The van der Waals surface area contributed by atoms with Crippen LogP contribution in [-0.4, -0.2) is 29.0 Å². The molecule has 0 radical (unpaired) electrons. The number of hydrogen-bond donors (Lipinski definition) is 3. The van der Waals surface area contributed by atoms with Crippen molar-refractivity contribution in [3.63, 3.8) is 0 Å². The molecule has 3 N–H and O–H groups in total. The van der Waals surface area contributed by atoms with Gasteiger partial charge in [-0.2, -0.15) is 0 Å². The maximum Gasteiger partial charge on any atom is 0.342 e. The minimum absolute atomic E-state index is 0.0505. The molecule has 0 spiro atoms. The summed E-state index contributed by atoms with van der Waals surface area (Å²) in [6, 6.07) is 14.1. The van der Waals surface area contributed by atoms with Crippen LogP contribution in [0.5, 0.6) is 5.75 Å². The first-order valence-corrected chi connectivity index (χ1v) is 7.13. The summed E-state index contributed by atoms with van der Waals surface area (Å²) >= 11 is 0. The van der Waals surface area contributed by atoms with E-state index in [9.17, 15) is 19.5 Å². The highest BCUT2D eigenvalue weighted by molar-refractivity contribution is 5.97. The minimum atomic E-state index is -1.16. The van der Waals surface area contributed by atoms with Crippen molar-refractivity contribution in [2.24, 2.45) is 0 Å². The lowest BCUT2D eigenvalue weighted by atomic mass is 10.2. The lowest BCUT2D eigenvalue weighted by Gasteiger charge is -2.14. The molecular formula is C17H16N2O5. The van der Waals surface area contributed by atoms with E-state index < -0.39 is 23.9 Å². The molecule has 2 amide bonds. The second kappa shape index (κ2) is 7.77. The van der Waals surface area contributed by atoms with E-state index in [-0.39, 0.29) is 11.3 Å². The normalized spacial score (nSPS) is 11.2. The monoisotopic (exact) mass is 328 g/mol. The topological polar surface area (TPSA) is 105 Å². The number of hydrazine groups is 1. The number of benzene rings is 2. The van der Waals surface area contributed by atoms with Crippen molar-refractivity contribution in [2.45, 2.75) is 13.0 Å². The van der Waals surface area contributed by atoms with Gasteiger partial charge in [-0.05, 0) is 31.2 Å². The molecule has 7 nitrogen and oxygen atoms in total. The van der Waals surface area contributed by atoms with Gasteiger partial charge in [0, 0.05) is 5.56 Å². The number of rotatable bonds is 4. The number of amides is 2. The van der Waals surface area contributed by atoms with Gasteiger partial charge in [0.1, 0.15) is 11.3 Å². The molecule has 0 aliphatic rings. The van der Waals surface area contributed by atoms with Crippen molar-refractivity contribution in [3.05, 3.63) is 65.7 Å². The van der Waals surface area contributed by atoms with E-state index in [4.69, 9.17) is 4.74 Å². The molecule has 2 aromatic carbocycles. The number of phenolic OH excluding ortho intramolecular Hbond substituents is 1. The predicted octanol–water partition coefficient (Wildman–Crippen LogP) is 1.40. The molecule has 0 bridgehead atoms. The highest BCUT2D eigenvalue weighted by Gasteiger charge is 2.21. The zero-order chi connectivity index (χ0) is 17.5. The molecule has 124 valence electrons. The molecule has 7 heteroatoms. The van der Waals surface area contributed by atoms with E-state index in [2.05, 4.69) is 10.9 Å². The number of para-hydroxylation sites is 1. The zero-order valence-electron chi connectivity index (χ0n) is 12.9. The van der Waals surface area contributed by atoms with Crippen LogP contribution in [-0.2, 0) is 9.53 Å². The largest absolute Gasteiger partial charge is 0.507 e. The van der Waals surface area contributed by atoms with Gasteiger partial charge < -0.3 is 9.84 Å². The first-order chi connectivity index (χ1) is 11.5. The first-order valence-electron chi connectivity index (χ1n) is 7.13. The summed E-state index contributed by atoms with van der Waals surface area (Å²) in [5.41, 5.74) is 4.72. The van der Waals surface area contributed by atoms with Crippen molar-refractivity contribution in [1.82, 2.24) is 10.9 Å². The smallest absolute Gasteiger partial charge is 0.342 e. The lowest BCUT2D eigenvalue weighted by Crippen LogP contribution is -2.46. The highest BCUT2D eigenvalue weighted by Crippen LogP contribution is 2.17. The number of carbonyl (C=O) groups is 3. The number of nitrogens with one attached hydrogen (secondary N) is 2. The van der Waals surface area contributed by atoms with E-state index in [1.807, 2.05) is 0 Å². The van der Waals surface area contributed by atoms with Crippen LogP contribution in [0.2, 0.25) is 0 Å². The number of hydrogen-bond acceptors (Lipinski definition) is 5. The quantitative estimate of drug-likeness (QED) is 0.581. The Kier molecular flexibility index (Phi) is 5.51. The lowest BCUT2D eigenvalue weighted by molar-refractivity contribution is -0.129. The van der Waals surface area contributed by atoms with Gasteiger partial charge >= 0.3 is 5.97 Å². The SMILES string of the molecule is CC(OC(=O)c1ccccc1O)C(=O)NNC(=O)c1ccccc1. The third-order valence-corrected chi connectivity index (χ3v) is 3.11. The molecule has 0 aromatic heterocycles. The van der Waals surface area contributed by atoms with Crippen LogP contribution in [0.1, 0.15) is 27.6 Å². The molecule has 0 saturated heterocycles. The number of phenols is 1. The van der Waals surface area contributed by atoms with Crippen LogP contribution in [0.4, 0.5) is 0 Å². The number of esters is 1. The van der Waals surface area contributed by atoms with E-state index in [1.165, 1.54) is 19.1 Å². The standard InChI is InChI=1S/C17H16N2O5/c1-11(24-17(23)13-9-5-6-10-14(13)20)15(21)18-19-16(22)12-7-3-2-4-8-12/h2-11,20H,1H3,(H,18,21)(H,19,22). The Balaban J connectivity index is 1.87. The van der Waals surface area contributed by atoms with Crippen LogP contribution in [0, 0.1) is 0 Å². The Morgan fingerprint density at radius 2 is 1.58 bits per heavy atom. The van der Waals surface area contributed by atoms with E-state index in [0.29, 0.717) is 5.56 Å². The molecule has 0 fully saturated rings. The summed E-state index contributed by atoms with van der Waals surface area (Å²) in [4.78, 5) is 35.5. The molecule has 2 rings (SSSR count). The predicted molar refractivity (Wildman–Crippen MR) is 85.0 cm³/mol. The van der Waals surface area contributed by atoms with Gasteiger partial charge in [0.05, 0.1) is 0 Å². The van der Waals surface area contributed by atoms with Gasteiger partial charge in [0.25, 0.3) is 11.8 Å². The van der Waals surface area contributed by atoms with Gasteiger partial charge in [0.2, 0.25) is 0 Å². The molecule has 0 saturated carbocycles. The minimum Gasteiger partial charge on any atom is -0.507 e. The summed E-state index contributed by atoms with van der Waals surface area (Å²) in [6.45, 7) is 1.35. The van der Waals surface area contributed by atoms with Gasteiger partial charge in [-0.25, -0.2) is 4.79 Å². The Bertz CT molecular complexity index is 746. The summed E-state index contributed by atoms with van der Waals surface area (Å²) < 4.78 is 4.95. The molecule has 0 heterocycles. The number of carbonyl (C=O) groups excluding carboxylic acids is 3. The second-order valence-electron chi connectivity index (χ2n) is 4.87. The van der Waals surface area contributed by atoms with E-state index in [1.54, 1.807) is 42.5 Å². The van der Waals surface area contributed by atoms with Crippen LogP contribution >= 0.6 is 0 Å². The van der Waals surface area contributed by atoms with Crippen LogP contribution in [0.25, 0.3) is 0 Å². The summed E-state index contributed by atoms with van der Waals surface area (Å²) in [5, 5.41) is 9.58. The Morgan fingerprint density at radius 3 is 2.25 bits per heavy atom. The molecule has 1 unspecified atom stereocenters. The van der Waals surface area contributed by atoms with Crippen molar-refractivity contribution < 1.29 is 24.2 Å². The van der Waals surface area contributed by atoms with Gasteiger partial charge in [-0.15, -0.1) is 0 Å². The Morgan fingerprint density at radius 1 is 0.958 bits per heavy atom. The average Bonchev–Trinajstić information content (AvgIpc) is 2.60. The third kappa shape index (κ3) is 4.33. The number of ether oxygens (including phenoxy) is 1. The zero-order valence-corrected chi connectivity index (χ0v) is 12.9. The van der Waals surface area contributed by atoms with Crippen molar-refractivity contribution in [1.29, 1.82) is 0 Å². The van der Waals surface area contributed by atoms with Crippen molar-refractivity contribution in [3.8, 4) is 5.75 Å². The van der Waals surface area contributed by atoms with Crippen LogP contribution < -0.4 is 10.9 Å². The summed E-state index contributed by atoms with van der Waals surface area (Å²) in [6.07, 6.45) is -1.16. The molecule has 2 aromatic rings. The summed E-state index contributed by atoms with van der Waals surface area (Å²) in [5.74, 6) is -2.29. The van der Waals surface area contributed by atoms with Crippen LogP contribution in [0.15, 0.2) is 54.6 Å². The Hall–Kier alpha value is -3.35. The maximum atomic E-state index is 11.9. The average molecular weight is 328 g/mol. The molecular weight excluding hydrogens is 312 g/mol. The molecule has 24 heavy (non-hydrogen) atoms. The molecule has 1 atom stereocenters. The first kappa shape index (κ1) is 17.0. The van der Waals surface area contributed by atoms with E-state index >= 15 is 0 Å². The Labute approximate surface area is 138 Å². The second-order valence-corrected chi connectivity index (χ2v) is 4.87. The fraction of sp³-hybridized carbons (Fsp3) is 0.118. The molecule has 0 aliphatic carbocycles. The van der Waals surface area contributed by atoms with Gasteiger partial charge in [-0.1, -0.05) is 30.3 Å².